The van der Waals surface area contributed by atoms with E-state index in [1.54, 1.807) is 0 Å². The van der Waals surface area contributed by atoms with Crippen LogP contribution < -0.4 is 5.32 Å². The van der Waals surface area contributed by atoms with Gasteiger partial charge >= 0.3 is 0 Å². The third kappa shape index (κ3) is 4.96. The zero-order valence-corrected chi connectivity index (χ0v) is 16.9. The van der Waals surface area contributed by atoms with Crippen molar-refractivity contribution in [1.82, 2.24) is 15.1 Å². The molecule has 130 valence electrons. The summed E-state index contributed by atoms with van der Waals surface area (Å²) in [6, 6.07) is 0.638. The molecule has 0 aliphatic carbocycles. The second-order valence-electron chi connectivity index (χ2n) is 6.69. The van der Waals surface area contributed by atoms with Gasteiger partial charge in [0.25, 0.3) is 0 Å². The lowest BCUT2D eigenvalue weighted by molar-refractivity contribution is 0.156. The molecule has 0 radical (unpaired) electrons. The maximum atomic E-state index is 5.60. The van der Waals surface area contributed by atoms with Crippen molar-refractivity contribution in [2.24, 2.45) is 10.4 Å². The van der Waals surface area contributed by atoms with Crippen LogP contribution in [0.4, 0.5) is 0 Å². The zero-order valence-electron chi connectivity index (χ0n) is 14.6. The Hall–Kier alpha value is -0.0800. The Morgan fingerprint density at radius 3 is 2.82 bits per heavy atom. The SMILES string of the molecule is CCC(C)N(C)CCNC(=NC)N1CCC2(CCOC2)C1.I. The van der Waals surface area contributed by atoms with E-state index in [1.165, 1.54) is 19.3 Å². The number of rotatable bonds is 5. The molecule has 0 aromatic rings. The Balaban J connectivity index is 0.00000242. The first-order valence-electron chi connectivity index (χ1n) is 8.34. The summed E-state index contributed by atoms with van der Waals surface area (Å²) in [5, 5.41) is 3.52. The number of aliphatic imine (C=N–C) groups is 1. The van der Waals surface area contributed by atoms with Crippen LogP contribution >= 0.6 is 24.0 Å². The molecule has 2 aliphatic heterocycles. The van der Waals surface area contributed by atoms with Crippen molar-refractivity contribution in [3.63, 3.8) is 0 Å². The largest absolute Gasteiger partial charge is 0.381 e. The minimum absolute atomic E-state index is 0. The molecule has 2 saturated heterocycles. The van der Waals surface area contributed by atoms with Gasteiger partial charge in [-0.05, 0) is 33.2 Å². The smallest absolute Gasteiger partial charge is 0.193 e. The monoisotopic (exact) mass is 424 g/mol. The number of likely N-dealkylation sites (tertiary alicyclic amines) is 1. The fraction of sp³-hybridized carbons (Fsp3) is 0.938. The molecule has 2 fully saturated rings. The molecule has 0 amide bonds. The van der Waals surface area contributed by atoms with Gasteiger partial charge in [-0.3, -0.25) is 4.99 Å². The van der Waals surface area contributed by atoms with Gasteiger partial charge in [0, 0.05) is 51.3 Å². The van der Waals surface area contributed by atoms with E-state index in [1.807, 2.05) is 7.05 Å². The van der Waals surface area contributed by atoms with Crippen molar-refractivity contribution in [3.05, 3.63) is 0 Å². The number of hydrogen-bond acceptors (Lipinski definition) is 3. The first-order valence-corrected chi connectivity index (χ1v) is 8.34. The van der Waals surface area contributed by atoms with Crippen LogP contribution in [0.3, 0.4) is 0 Å². The Labute approximate surface area is 152 Å². The van der Waals surface area contributed by atoms with Crippen molar-refractivity contribution in [2.45, 2.75) is 39.2 Å². The van der Waals surface area contributed by atoms with Crippen LogP contribution in [0.2, 0.25) is 0 Å². The number of nitrogens with one attached hydrogen (secondary N) is 1. The molecule has 2 heterocycles. The molecule has 2 aliphatic rings. The number of likely N-dealkylation sites (N-methyl/N-ethyl adjacent to an activating group) is 1. The van der Waals surface area contributed by atoms with E-state index in [9.17, 15) is 0 Å². The molecule has 1 N–H and O–H groups in total. The third-order valence-corrected chi connectivity index (χ3v) is 5.23. The average molecular weight is 424 g/mol. The third-order valence-electron chi connectivity index (χ3n) is 5.23. The fourth-order valence-corrected chi connectivity index (χ4v) is 3.30. The molecule has 22 heavy (non-hydrogen) atoms. The van der Waals surface area contributed by atoms with Crippen molar-refractivity contribution < 1.29 is 4.74 Å². The molecule has 0 aromatic heterocycles. The summed E-state index contributed by atoms with van der Waals surface area (Å²) in [5.41, 5.74) is 0.394. The maximum absolute atomic E-state index is 5.60. The maximum Gasteiger partial charge on any atom is 0.193 e. The van der Waals surface area contributed by atoms with Crippen molar-refractivity contribution in [2.75, 3.05) is 53.5 Å². The van der Waals surface area contributed by atoms with Gasteiger partial charge in [-0.2, -0.15) is 0 Å². The molecule has 0 aromatic carbocycles. The van der Waals surface area contributed by atoms with Gasteiger partial charge in [0.15, 0.2) is 5.96 Å². The van der Waals surface area contributed by atoms with Crippen LogP contribution in [-0.2, 0) is 4.74 Å². The highest BCUT2D eigenvalue weighted by Crippen LogP contribution is 2.38. The van der Waals surface area contributed by atoms with Crippen LogP contribution in [0.15, 0.2) is 4.99 Å². The molecule has 0 saturated carbocycles. The van der Waals surface area contributed by atoms with Gasteiger partial charge in [0.2, 0.25) is 0 Å². The number of ether oxygens (including phenoxy) is 1. The highest BCUT2D eigenvalue weighted by Gasteiger charge is 2.42. The number of guanidine groups is 1. The van der Waals surface area contributed by atoms with E-state index >= 15 is 0 Å². The van der Waals surface area contributed by atoms with Crippen LogP contribution in [0, 0.1) is 5.41 Å². The second-order valence-corrected chi connectivity index (χ2v) is 6.69. The molecule has 0 bridgehead atoms. The topological polar surface area (TPSA) is 40.1 Å². The van der Waals surface area contributed by atoms with Gasteiger partial charge in [0.1, 0.15) is 0 Å². The molecule has 5 nitrogen and oxygen atoms in total. The molecule has 6 heteroatoms. The lowest BCUT2D eigenvalue weighted by Crippen LogP contribution is -2.44. The predicted octanol–water partition coefficient (Wildman–Crippen LogP) is 2.02. The van der Waals surface area contributed by atoms with Crippen molar-refractivity contribution >= 4 is 29.9 Å². The normalized spacial score (nSPS) is 26.6. The summed E-state index contributed by atoms with van der Waals surface area (Å²) in [7, 11) is 4.08. The zero-order chi connectivity index (χ0) is 15.3. The van der Waals surface area contributed by atoms with E-state index in [4.69, 9.17) is 4.74 Å². The molecule has 1 spiro atoms. The van der Waals surface area contributed by atoms with Gasteiger partial charge in [0.05, 0.1) is 6.61 Å². The second kappa shape index (κ2) is 9.27. The summed E-state index contributed by atoms with van der Waals surface area (Å²) in [4.78, 5) is 9.26. The minimum atomic E-state index is 0. The van der Waals surface area contributed by atoms with E-state index in [0.29, 0.717) is 11.5 Å². The summed E-state index contributed by atoms with van der Waals surface area (Å²) in [6.07, 6.45) is 3.64. The summed E-state index contributed by atoms with van der Waals surface area (Å²) >= 11 is 0. The summed E-state index contributed by atoms with van der Waals surface area (Å²) in [6.45, 7) is 10.6. The van der Waals surface area contributed by atoms with Crippen LogP contribution in [0.5, 0.6) is 0 Å². The Bertz CT molecular complexity index is 358. The van der Waals surface area contributed by atoms with Gasteiger partial charge < -0.3 is 19.9 Å². The van der Waals surface area contributed by atoms with Crippen LogP contribution in [-0.4, -0.2) is 75.3 Å². The molecule has 2 unspecified atom stereocenters. The van der Waals surface area contributed by atoms with Crippen molar-refractivity contribution in [1.29, 1.82) is 0 Å². The predicted molar refractivity (Wildman–Crippen MR) is 103 cm³/mol. The lowest BCUT2D eigenvalue weighted by atomic mass is 9.87. The lowest BCUT2D eigenvalue weighted by Gasteiger charge is -2.27. The molecular formula is C16H33IN4O. The first kappa shape index (κ1) is 20.0. The summed E-state index contributed by atoms with van der Waals surface area (Å²) in [5.74, 6) is 1.05. The standard InChI is InChI=1S/C16H32N4O.HI/c1-5-14(2)19(4)10-8-18-15(17-3)20-9-6-16(12-20)7-11-21-13-16;/h14H,5-13H2,1-4H3,(H,17,18);1H. The number of hydrogen-bond donors (Lipinski definition) is 1. The Kier molecular flexibility index (Phi) is 8.42. The quantitative estimate of drug-likeness (QED) is 0.417. The van der Waals surface area contributed by atoms with Gasteiger partial charge in [-0.1, -0.05) is 6.92 Å². The summed E-state index contributed by atoms with van der Waals surface area (Å²) < 4.78 is 5.60. The fourth-order valence-electron chi connectivity index (χ4n) is 3.30. The van der Waals surface area contributed by atoms with Gasteiger partial charge in [-0.25, -0.2) is 0 Å². The highest BCUT2D eigenvalue weighted by atomic mass is 127. The van der Waals surface area contributed by atoms with E-state index in [-0.39, 0.29) is 24.0 Å². The first-order chi connectivity index (χ1) is 10.1. The van der Waals surface area contributed by atoms with Crippen LogP contribution in [0.25, 0.3) is 0 Å². The van der Waals surface area contributed by atoms with E-state index in [2.05, 4.69) is 41.0 Å². The minimum Gasteiger partial charge on any atom is -0.381 e. The highest BCUT2D eigenvalue weighted by molar-refractivity contribution is 14.0. The average Bonchev–Trinajstić information content (AvgIpc) is 3.13. The van der Waals surface area contributed by atoms with Gasteiger partial charge in [-0.15, -0.1) is 24.0 Å². The molecule has 2 atom stereocenters. The molecule has 2 rings (SSSR count). The Morgan fingerprint density at radius 2 is 2.23 bits per heavy atom. The van der Waals surface area contributed by atoms with E-state index < -0.39 is 0 Å². The van der Waals surface area contributed by atoms with E-state index in [0.717, 1.165) is 45.4 Å². The number of halogens is 1. The van der Waals surface area contributed by atoms with Crippen LogP contribution in [0.1, 0.15) is 33.1 Å². The number of nitrogens with zero attached hydrogens (tertiary/aromatic N) is 3. The van der Waals surface area contributed by atoms with Crippen molar-refractivity contribution in [3.8, 4) is 0 Å². The Morgan fingerprint density at radius 1 is 1.45 bits per heavy atom. The molecular weight excluding hydrogens is 391 g/mol.